The van der Waals surface area contributed by atoms with Gasteiger partial charge in [0.25, 0.3) is 0 Å². The number of carbonyl (C=O) groups is 1. The average Bonchev–Trinajstić information content (AvgIpc) is 2.22. The second-order valence-corrected chi connectivity index (χ2v) is 4.10. The highest BCUT2D eigenvalue weighted by atomic mass is 16.4. The lowest BCUT2D eigenvalue weighted by Crippen LogP contribution is -2.32. The molecule has 1 aromatic rings. The van der Waals surface area contributed by atoms with Crippen LogP contribution in [0, 0.1) is 20.8 Å². The van der Waals surface area contributed by atoms with Crippen LogP contribution in [0.3, 0.4) is 0 Å². The number of nitrogens with two attached hydrogens (primary N) is 1. The van der Waals surface area contributed by atoms with E-state index < -0.39 is 12.0 Å². The molecule has 0 aliphatic heterocycles. The van der Waals surface area contributed by atoms with E-state index in [4.69, 9.17) is 10.8 Å². The smallest absolute Gasteiger partial charge is 0.320 e. The number of aliphatic carboxylic acids is 1. The molecule has 0 saturated carbocycles. The first-order chi connectivity index (χ1) is 7.34. The van der Waals surface area contributed by atoms with Gasteiger partial charge in [0, 0.05) is 0 Å². The van der Waals surface area contributed by atoms with Crippen LogP contribution in [-0.4, -0.2) is 22.2 Å². The van der Waals surface area contributed by atoms with Gasteiger partial charge >= 0.3 is 5.97 Å². The molecular weight excluding hydrogens is 206 g/mol. The maximum Gasteiger partial charge on any atom is 0.320 e. The molecule has 0 aliphatic carbocycles. The Kier molecular flexibility index (Phi) is 3.55. The summed E-state index contributed by atoms with van der Waals surface area (Å²) in [7, 11) is 0. The van der Waals surface area contributed by atoms with E-state index in [1.54, 1.807) is 13.0 Å². The van der Waals surface area contributed by atoms with Gasteiger partial charge < -0.3 is 15.9 Å². The molecule has 0 aliphatic rings. The molecule has 0 radical (unpaired) electrons. The van der Waals surface area contributed by atoms with Crippen LogP contribution in [-0.2, 0) is 11.2 Å². The van der Waals surface area contributed by atoms with Gasteiger partial charge in [-0.3, -0.25) is 4.79 Å². The van der Waals surface area contributed by atoms with E-state index in [-0.39, 0.29) is 12.2 Å². The van der Waals surface area contributed by atoms with E-state index in [1.165, 1.54) is 0 Å². The van der Waals surface area contributed by atoms with Crippen molar-refractivity contribution in [2.24, 2.45) is 5.73 Å². The molecule has 0 unspecified atom stereocenters. The van der Waals surface area contributed by atoms with E-state index in [0.717, 1.165) is 22.3 Å². The lowest BCUT2D eigenvalue weighted by atomic mass is 9.94. The predicted octanol–water partition coefficient (Wildman–Crippen LogP) is 1.27. The molecule has 1 rings (SSSR count). The van der Waals surface area contributed by atoms with Crippen molar-refractivity contribution in [3.8, 4) is 5.75 Å². The van der Waals surface area contributed by atoms with Gasteiger partial charge in [-0.15, -0.1) is 0 Å². The number of aromatic hydroxyl groups is 1. The molecule has 0 fully saturated rings. The minimum Gasteiger partial charge on any atom is -0.507 e. The third-order valence-corrected chi connectivity index (χ3v) is 2.92. The van der Waals surface area contributed by atoms with E-state index in [0.29, 0.717) is 0 Å². The third kappa shape index (κ3) is 2.33. The predicted molar refractivity (Wildman–Crippen MR) is 61.6 cm³/mol. The standard InChI is InChI=1S/C12H17NO3/c1-6-4-9(5-10(13)12(15)16)7(2)8(3)11(6)14/h4,10,14H,5,13H2,1-3H3,(H,15,16)/t10-/m0/s1. The number of phenols is 1. The van der Waals surface area contributed by atoms with E-state index in [2.05, 4.69) is 0 Å². The SMILES string of the molecule is Cc1cc(C[C@H](N)C(=O)O)c(C)c(C)c1O. The zero-order valence-corrected chi connectivity index (χ0v) is 9.74. The topological polar surface area (TPSA) is 83.6 Å². The number of aryl methyl sites for hydroxylation is 1. The molecule has 0 spiro atoms. The van der Waals surface area contributed by atoms with Crippen LogP contribution in [0.15, 0.2) is 6.07 Å². The number of rotatable bonds is 3. The number of carboxylic acids is 1. The van der Waals surface area contributed by atoms with Crippen molar-refractivity contribution in [2.75, 3.05) is 0 Å². The van der Waals surface area contributed by atoms with Crippen LogP contribution < -0.4 is 5.73 Å². The van der Waals surface area contributed by atoms with Crippen molar-refractivity contribution in [3.63, 3.8) is 0 Å². The first-order valence-corrected chi connectivity index (χ1v) is 5.11. The molecule has 0 saturated heterocycles. The molecule has 4 nitrogen and oxygen atoms in total. The maximum absolute atomic E-state index is 10.7. The molecular formula is C12H17NO3. The summed E-state index contributed by atoms with van der Waals surface area (Å²) in [6, 6.07) is 0.891. The Morgan fingerprint density at radius 1 is 1.38 bits per heavy atom. The molecule has 4 heteroatoms. The molecule has 1 atom stereocenters. The zero-order valence-electron chi connectivity index (χ0n) is 9.74. The highest BCUT2D eigenvalue weighted by molar-refractivity contribution is 5.73. The zero-order chi connectivity index (χ0) is 12.5. The van der Waals surface area contributed by atoms with E-state index >= 15 is 0 Å². The largest absolute Gasteiger partial charge is 0.507 e. The van der Waals surface area contributed by atoms with Crippen LogP contribution in [0.5, 0.6) is 5.75 Å². The third-order valence-electron chi connectivity index (χ3n) is 2.92. The summed E-state index contributed by atoms with van der Waals surface area (Å²) in [4.78, 5) is 10.7. The summed E-state index contributed by atoms with van der Waals surface area (Å²) in [5.74, 6) is -0.743. The Labute approximate surface area is 94.7 Å². The highest BCUT2D eigenvalue weighted by Crippen LogP contribution is 2.27. The number of benzene rings is 1. The summed E-state index contributed by atoms with van der Waals surface area (Å²) in [6.07, 6.45) is 0.281. The van der Waals surface area contributed by atoms with Crippen LogP contribution in [0.2, 0.25) is 0 Å². The quantitative estimate of drug-likeness (QED) is 0.720. The van der Waals surface area contributed by atoms with Gasteiger partial charge in [-0.25, -0.2) is 0 Å². The van der Waals surface area contributed by atoms with Crippen molar-refractivity contribution in [3.05, 3.63) is 28.3 Å². The minimum atomic E-state index is -1.01. The van der Waals surface area contributed by atoms with Gasteiger partial charge in [-0.1, -0.05) is 6.07 Å². The van der Waals surface area contributed by atoms with Gasteiger partial charge in [0.15, 0.2) is 0 Å². The number of hydrogen-bond donors (Lipinski definition) is 3. The molecule has 0 aromatic heterocycles. The molecule has 0 amide bonds. The van der Waals surface area contributed by atoms with E-state index in [9.17, 15) is 9.90 Å². The van der Waals surface area contributed by atoms with Crippen molar-refractivity contribution in [2.45, 2.75) is 33.2 Å². The number of phenolic OH excluding ortho intramolecular Hbond substituents is 1. The van der Waals surface area contributed by atoms with Gasteiger partial charge in [-0.05, 0) is 49.4 Å². The molecule has 0 heterocycles. The summed E-state index contributed by atoms with van der Waals surface area (Å²) in [6.45, 7) is 5.46. The first-order valence-electron chi connectivity index (χ1n) is 5.11. The van der Waals surface area contributed by atoms with Gasteiger partial charge in [0.1, 0.15) is 11.8 Å². The lowest BCUT2D eigenvalue weighted by Gasteiger charge is -2.14. The number of hydrogen-bond acceptors (Lipinski definition) is 3. The van der Waals surface area contributed by atoms with Gasteiger partial charge in [0.2, 0.25) is 0 Å². The Bertz CT molecular complexity index is 427. The molecule has 16 heavy (non-hydrogen) atoms. The Morgan fingerprint density at radius 2 is 1.94 bits per heavy atom. The number of carboxylic acid groups (broad SMARTS) is 1. The van der Waals surface area contributed by atoms with Crippen molar-refractivity contribution < 1.29 is 15.0 Å². The summed E-state index contributed by atoms with van der Waals surface area (Å²) in [5, 5.41) is 18.5. The Balaban J connectivity index is 3.11. The van der Waals surface area contributed by atoms with Crippen molar-refractivity contribution in [1.82, 2.24) is 0 Å². The van der Waals surface area contributed by atoms with Crippen LogP contribution >= 0.6 is 0 Å². The molecule has 1 aromatic carbocycles. The fraction of sp³-hybridized carbons (Fsp3) is 0.417. The van der Waals surface area contributed by atoms with Crippen LogP contribution in [0.25, 0.3) is 0 Å². The summed E-state index contributed by atoms with van der Waals surface area (Å²) in [5.41, 5.74) is 8.80. The highest BCUT2D eigenvalue weighted by Gasteiger charge is 2.16. The molecule has 0 bridgehead atoms. The Morgan fingerprint density at radius 3 is 2.44 bits per heavy atom. The fourth-order valence-corrected chi connectivity index (χ4v) is 1.69. The maximum atomic E-state index is 10.7. The van der Waals surface area contributed by atoms with Gasteiger partial charge in [0.05, 0.1) is 0 Å². The van der Waals surface area contributed by atoms with Crippen molar-refractivity contribution in [1.29, 1.82) is 0 Å². The molecule has 4 N–H and O–H groups in total. The average molecular weight is 223 g/mol. The van der Waals surface area contributed by atoms with E-state index in [1.807, 2.05) is 13.8 Å². The first kappa shape index (κ1) is 12.5. The van der Waals surface area contributed by atoms with Gasteiger partial charge in [-0.2, -0.15) is 0 Å². The second kappa shape index (κ2) is 4.53. The van der Waals surface area contributed by atoms with Crippen molar-refractivity contribution >= 4 is 5.97 Å². The fourth-order valence-electron chi connectivity index (χ4n) is 1.69. The lowest BCUT2D eigenvalue weighted by molar-refractivity contribution is -0.138. The normalized spacial score (nSPS) is 12.5. The summed E-state index contributed by atoms with van der Waals surface area (Å²) < 4.78 is 0. The summed E-state index contributed by atoms with van der Waals surface area (Å²) >= 11 is 0. The monoisotopic (exact) mass is 223 g/mol. The van der Waals surface area contributed by atoms with Crippen LogP contribution in [0.4, 0.5) is 0 Å². The van der Waals surface area contributed by atoms with Crippen LogP contribution in [0.1, 0.15) is 22.3 Å². The molecule has 88 valence electrons. The Hall–Kier alpha value is -1.55. The minimum absolute atomic E-state index is 0.269. The second-order valence-electron chi connectivity index (χ2n) is 4.10.